The van der Waals surface area contributed by atoms with Gasteiger partial charge in [-0.05, 0) is 36.6 Å². The standard InChI is InChI=1S/C23H24ClN3O2/c1-14(2)7-10-16(28)13-19-17-5-3-4-6-18(17)23(29)27(19)21-12-9-15-8-11-20(24)25-22(15)26-21/h3-6,8-9,11-12,14,17-19H,7,10,13H2,1-2H3. The summed E-state index contributed by atoms with van der Waals surface area (Å²) in [5.41, 5.74) is 0.494. The molecule has 3 unspecified atom stereocenters. The second-order valence-corrected chi connectivity index (χ2v) is 8.56. The molecule has 1 saturated heterocycles. The Bertz CT molecular complexity index is 1010. The van der Waals surface area contributed by atoms with Crippen LogP contribution in [0.4, 0.5) is 5.82 Å². The smallest absolute Gasteiger partial charge is 0.236 e. The van der Waals surface area contributed by atoms with Gasteiger partial charge in [0.05, 0.1) is 12.0 Å². The summed E-state index contributed by atoms with van der Waals surface area (Å²) in [6.45, 7) is 4.22. The van der Waals surface area contributed by atoms with Gasteiger partial charge in [0.15, 0.2) is 5.65 Å². The summed E-state index contributed by atoms with van der Waals surface area (Å²) in [7, 11) is 0. The highest BCUT2D eigenvalue weighted by Crippen LogP contribution is 2.40. The van der Waals surface area contributed by atoms with Crippen molar-refractivity contribution in [1.29, 1.82) is 0 Å². The molecule has 1 amide bonds. The third kappa shape index (κ3) is 3.97. The van der Waals surface area contributed by atoms with Crippen LogP contribution in [0.5, 0.6) is 0 Å². The molecule has 3 atom stereocenters. The number of pyridine rings is 2. The monoisotopic (exact) mass is 409 g/mol. The maximum absolute atomic E-state index is 13.2. The fraction of sp³-hybridized carbons (Fsp3) is 0.391. The number of ketones is 1. The van der Waals surface area contributed by atoms with Gasteiger partial charge in [-0.2, -0.15) is 0 Å². The van der Waals surface area contributed by atoms with Crippen molar-refractivity contribution in [3.63, 3.8) is 0 Å². The van der Waals surface area contributed by atoms with E-state index in [1.54, 1.807) is 11.0 Å². The van der Waals surface area contributed by atoms with E-state index in [-0.39, 0.29) is 29.6 Å². The summed E-state index contributed by atoms with van der Waals surface area (Å²) in [6.07, 6.45) is 9.55. The quantitative estimate of drug-likeness (QED) is 0.645. The van der Waals surface area contributed by atoms with Crippen LogP contribution >= 0.6 is 11.6 Å². The normalized spacial score (nSPS) is 23.2. The Morgan fingerprint density at radius 2 is 1.90 bits per heavy atom. The lowest BCUT2D eigenvalue weighted by molar-refractivity contribution is -0.119. The number of hydrogen-bond donors (Lipinski definition) is 0. The number of Topliss-reactive ketones (excluding diaryl/α,β-unsaturated/α-hetero) is 1. The highest BCUT2D eigenvalue weighted by atomic mass is 35.5. The van der Waals surface area contributed by atoms with Crippen LogP contribution in [-0.4, -0.2) is 27.7 Å². The molecule has 2 aromatic rings. The van der Waals surface area contributed by atoms with E-state index in [0.717, 1.165) is 11.8 Å². The number of rotatable bonds is 6. The number of amides is 1. The predicted octanol–water partition coefficient (Wildman–Crippen LogP) is 4.75. The predicted molar refractivity (Wildman–Crippen MR) is 115 cm³/mol. The van der Waals surface area contributed by atoms with Crippen LogP contribution in [0.1, 0.15) is 33.1 Å². The molecular weight excluding hydrogens is 386 g/mol. The number of allylic oxidation sites excluding steroid dienone is 2. The molecule has 0 bridgehead atoms. The van der Waals surface area contributed by atoms with Crippen molar-refractivity contribution in [1.82, 2.24) is 9.97 Å². The summed E-state index contributed by atoms with van der Waals surface area (Å²) in [6, 6.07) is 7.04. The minimum Gasteiger partial charge on any atom is -0.300 e. The zero-order valence-corrected chi connectivity index (χ0v) is 17.3. The van der Waals surface area contributed by atoms with Crippen molar-refractivity contribution in [2.45, 2.75) is 39.2 Å². The Labute approximate surface area is 175 Å². The Hall–Kier alpha value is -2.53. The van der Waals surface area contributed by atoms with Crippen molar-refractivity contribution >= 4 is 40.1 Å². The Morgan fingerprint density at radius 1 is 1.14 bits per heavy atom. The third-order valence-corrected chi connectivity index (χ3v) is 5.87. The number of nitrogens with zero attached hydrogens (tertiary/aromatic N) is 3. The van der Waals surface area contributed by atoms with Crippen LogP contribution in [0.25, 0.3) is 11.0 Å². The van der Waals surface area contributed by atoms with Crippen molar-refractivity contribution in [2.24, 2.45) is 17.8 Å². The van der Waals surface area contributed by atoms with Gasteiger partial charge in [-0.3, -0.25) is 14.5 Å². The SMILES string of the molecule is CC(C)CCC(=O)CC1C2C=CC=CC2C(=O)N1c1ccc2ccc(Cl)nc2n1. The van der Waals surface area contributed by atoms with Gasteiger partial charge in [0, 0.05) is 24.1 Å². The van der Waals surface area contributed by atoms with E-state index in [9.17, 15) is 9.59 Å². The topological polar surface area (TPSA) is 63.2 Å². The van der Waals surface area contributed by atoms with Crippen molar-refractivity contribution in [2.75, 3.05) is 4.90 Å². The molecule has 2 aliphatic rings. The first-order chi connectivity index (χ1) is 13.9. The van der Waals surface area contributed by atoms with E-state index in [4.69, 9.17) is 11.6 Å². The van der Waals surface area contributed by atoms with E-state index in [0.29, 0.717) is 35.4 Å². The molecule has 150 valence electrons. The van der Waals surface area contributed by atoms with E-state index in [1.165, 1.54) is 0 Å². The first kappa shape index (κ1) is 19.8. The number of halogens is 1. The van der Waals surface area contributed by atoms with Crippen molar-refractivity contribution in [3.8, 4) is 0 Å². The van der Waals surface area contributed by atoms with Crippen molar-refractivity contribution < 1.29 is 9.59 Å². The maximum atomic E-state index is 13.2. The van der Waals surface area contributed by atoms with Gasteiger partial charge in [0.1, 0.15) is 16.8 Å². The fourth-order valence-electron chi connectivity index (χ4n) is 4.13. The van der Waals surface area contributed by atoms with Crippen LogP contribution < -0.4 is 4.90 Å². The van der Waals surface area contributed by atoms with E-state index < -0.39 is 0 Å². The zero-order valence-electron chi connectivity index (χ0n) is 16.6. The number of aromatic nitrogens is 2. The minimum atomic E-state index is -0.257. The molecule has 0 saturated carbocycles. The van der Waals surface area contributed by atoms with Crippen LogP contribution in [0.2, 0.25) is 5.15 Å². The lowest BCUT2D eigenvalue weighted by atomic mass is 9.84. The number of carbonyl (C=O) groups is 2. The largest absolute Gasteiger partial charge is 0.300 e. The van der Waals surface area contributed by atoms with Gasteiger partial charge < -0.3 is 0 Å². The molecule has 1 aliphatic carbocycles. The van der Waals surface area contributed by atoms with Gasteiger partial charge in [0.25, 0.3) is 0 Å². The average Bonchev–Trinajstić information content (AvgIpc) is 2.98. The first-order valence-corrected chi connectivity index (χ1v) is 10.4. The average molecular weight is 410 g/mol. The third-order valence-electron chi connectivity index (χ3n) is 5.66. The van der Waals surface area contributed by atoms with Gasteiger partial charge in [0.2, 0.25) is 5.91 Å². The summed E-state index contributed by atoms with van der Waals surface area (Å²) in [4.78, 5) is 36.5. The zero-order chi connectivity index (χ0) is 20.5. The van der Waals surface area contributed by atoms with Gasteiger partial charge in [-0.1, -0.05) is 49.8 Å². The number of anilines is 1. The maximum Gasteiger partial charge on any atom is 0.236 e. The molecule has 6 heteroatoms. The second-order valence-electron chi connectivity index (χ2n) is 8.17. The molecular formula is C23H24ClN3O2. The second kappa shape index (κ2) is 8.07. The van der Waals surface area contributed by atoms with Crippen molar-refractivity contribution in [3.05, 3.63) is 53.7 Å². The van der Waals surface area contributed by atoms with Crippen LogP contribution in [0, 0.1) is 17.8 Å². The summed E-state index contributed by atoms with van der Waals surface area (Å²) in [5.74, 6) is 0.879. The Kier molecular flexibility index (Phi) is 5.50. The van der Waals surface area contributed by atoms with E-state index in [1.807, 2.05) is 42.5 Å². The summed E-state index contributed by atoms with van der Waals surface area (Å²) < 4.78 is 0. The molecule has 3 heterocycles. The molecule has 5 nitrogen and oxygen atoms in total. The molecule has 1 fully saturated rings. The Morgan fingerprint density at radius 3 is 2.69 bits per heavy atom. The highest BCUT2D eigenvalue weighted by molar-refractivity contribution is 6.29. The van der Waals surface area contributed by atoms with Crippen LogP contribution in [-0.2, 0) is 9.59 Å². The number of hydrogen-bond acceptors (Lipinski definition) is 4. The van der Waals surface area contributed by atoms with Gasteiger partial charge >= 0.3 is 0 Å². The fourth-order valence-corrected chi connectivity index (χ4v) is 4.27. The molecule has 0 spiro atoms. The van der Waals surface area contributed by atoms with Gasteiger partial charge in [-0.25, -0.2) is 9.97 Å². The lowest BCUT2D eigenvalue weighted by Gasteiger charge is -2.26. The number of fused-ring (bicyclic) bond motifs is 2. The number of carbonyl (C=O) groups excluding carboxylic acids is 2. The lowest BCUT2D eigenvalue weighted by Crippen LogP contribution is -2.37. The molecule has 1 aliphatic heterocycles. The molecule has 0 N–H and O–H groups in total. The molecule has 0 radical (unpaired) electrons. The van der Waals surface area contributed by atoms with Crippen LogP contribution in [0.3, 0.4) is 0 Å². The van der Waals surface area contributed by atoms with Gasteiger partial charge in [-0.15, -0.1) is 0 Å². The summed E-state index contributed by atoms with van der Waals surface area (Å²) >= 11 is 6.02. The molecule has 29 heavy (non-hydrogen) atoms. The minimum absolute atomic E-state index is 0.0221. The van der Waals surface area contributed by atoms with Crippen LogP contribution in [0.15, 0.2) is 48.6 Å². The Balaban J connectivity index is 1.68. The van der Waals surface area contributed by atoms with E-state index >= 15 is 0 Å². The molecule has 4 rings (SSSR count). The molecule has 0 aromatic carbocycles. The first-order valence-electron chi connectivity index (χ1n) is 10.1. The van der Waals surface area contributed by atoms with E-state index in [2.05, 4.69) is 23.8 Å². The molecule has 2 aromatic heterocycles. The highest BCUT2D eigenvalue weighted by Gasteiger charge is 2.47. The summed E-state index contributed by atoms with van der Waals surface area (Å²) in [5, 5.41) is 1.21.